The van der Waals surface area contributed by atoms with E-state index < -0.39 is 6.36 Å². The Morgan fingerprint density at radius 3 is 2.65 bits per heavy atom. The third-order valence-electron chi connectivity index (χ3n) is 2.96. The molecule has 2 aromatic heterocycles. The van der Waals surface area contributed by atoms with Crippen molar-refractivity contribution >= 4 is 22.2 Å². The van der Waals surface area contributed by atoms with Crippen molar-refractivity contribution in [3.8, 4) is 16.2 Å². The summed E-state index contributed by atoms with van der Waals surface area (Å²) in [4.78, 5) is 4.19. The highest BCUT2D eigenvalue weighted by molar-refractivity contribution is 7.13. The van der Waals surface area contributed by atoms with Crippen LogP contribution in [0.2, 0.25) is 0 Å². The summed E-state index contributed by atoms with van der Waals surface area (Å²) in [5, 5.41) is 2.66. The van der Waals surface area contributed by atoms with Gasteiger partial charge in [0.05, 0.1) is 0 Å². The molecule has 1 N–H and O–H groups in total. The minimum Gasteiger partial charge on any atom is -0.406 e. The van der Waals surface area contributed by atoms with E-state index >= 15 is 0 Å². The molecule has 0 amide bonds. The predicted octanol–water partition coefficient (Wildman–Crippen LogP) is 5.10. The Kier molecular flexibility index (Phi) is 2.97. The molecule has 0 aliphatic carbocycles. The van der Waals surface area contributed by atoms with Crippen molar-refractivity contribution in [1.82, 2.24) is 4.98 Å². The lowest BCUT2D eigenvalue weighted by Crippen LogP contribution is -2.16. The summed E-state index contributed by atoms with van der Waals surface area (Å²) in [7, 11) is 0. The monoisotopic (exact) mass is 297 g/mol. The molecular weight excluding hydrogens is 287 g/mol. The van der Waals surface area contributed by atoms with Crippen molar-refractivity contribution < 1.29 is 17.9 Å². The maximum absolute atomic E-state index is 12.3. The van der Waals surface area contributed by atoms with Gasteiger partial charge in [0.25, 0.3) is 0 Å². The van der Waals surface area contributed by atoms with Crippen molar-refractivity contribution in [2.75, 3.05) is 0 Å². The van der Waals surface area contributed by atoms with Gasteiger partial charge in [0, 0.05) is 27.0 Å². The van der Waals surface area contributed by atoms with Gasteiger partial charge in [0.15, 0.2) is 0 Å². The molecule has 0 saturated carbocycles. The maximum Gasteiger partial charge on any atom is 0.573 e. The molecule has 2 heterocycles. The van der Waals surface area contributed by atoms with Crippen molar-refractivity contribution in [3.05, 3.63) is 41.4 Å². The van der Waals surface area contributed by atoms with E-state index in [9.17, 15) is 13.2 Å². The molecule has 1 aromatic carbocycles. The standard InChI is InChI=1S/C14H10F3NOS/c1-8-13(12-3-2-6-20-12)10-7-9(19-14(15,16)17)4-5-11(10)18-8/h2-7,18H,1H3. The number of aromatic amines is 1. The predicted molar refractivity (Wildman–Crippen MR) is 73.0 cm³/mol. The summed E-state index contributed by atoms with van der Waals surface area (Å²) < 4.78 is 40.9. The second-order valence-electron chi connectivity index (χ2n) is 4.36. The number of nitrogens with one attached hydrogen (secondary N) is 1. The van der Waals surface area contributed by atoms with Gasteiger partial charge in [-0.2, -0.15) is 0 Å². The van der Waals surface area contributed by atoms with E-state index in [-0.39, 0.29) is 5.75 Å². The van der Waals surface area contributed by atoms with E-state index in [1.807, 2.05) is 24.4 Å². The fourth-order valence-electron chi connectivity index (χ4n) is 2.24. The zero-order chi connectivity index (χ0) is 14.3. The number of alkyl halides is 3. The first kappa shape index (κ1) is 13.1. The number of fused-ring (bicyclic) bond motifs is 1. The number of ether oxygens (including phenoxy) is 1. The summed E-state index contributed by atoms with van der Waals surface area (Å²) in [6, 6.07) is 8.18. The van der Waals surface area contributed by atoms with Crippen LogP contribution in [-0.4, -0.2) is 11.3 Å². The van der Waals surface area contributed by atoms with Gasteiger partial charge in [-0.1, -0.05) is 6.07 Å². The topological polar surface area (TPSA) is 25.0 Å². The molecule has 0 spiro atoms. The van der Waals surface area contributed by atoms with Crippen LogP contribution in [0.25, 0.3) is 21.3 Å². The van der Waals surface area contributed by atoms with Gasteiger partial charge in [-0.15, -0.1) is 24.5 Å². The van der Waals surface area contributed by atoms with E-state index in [2.05, 4.69) is 9.72 Å². The molecular formula is C14H10F3NOS. The van der Waals surface area contributed by atoms with Gasteiger partial charge in [-0.3, -0.25) is 0 Å². The summed E-state index contributed by atoms with van der Waals surface area (Å²) in [6.45, 7) is 1.90. The molecule has 0 fully saturated rings. The number of thiophene rings is 1. The molecule has 3 rings (SSSR count). The molecule has 104 valence electrons. The normalized spacial score (nSPS) is 12.0. The first-order valence-electron chi connectivity index (χ1n) is 5.86. The minimum atomic E-state index is -4.68. The van der Waals surface area contributed by atoms with E-state index in [0.717, 1.165) is 27.0 Å². The van der Waals surface area contributed by atoms with Crippen LogP contribution in [0.5, 0.6) is 5.75 Å². The zero-order valence-corrected chi connectivity index (χ0v) is 11.2. The largest absolute Gasteiger partial charge is 0.573 e. The van der Waals surface area contributed by atoms with Crippen LogP contribution in [0.3, 0.4) is 0 Å². The summed E-state index contributed by atoms with van der Waals surface area (Å²) >= 11 is 1.55. The van der Waals surface area contributed by atoms with Crippen LogP contribution >= 0.6 is 11.3 Å². The Labute approximate surface area is 116 Å². The molecule has 3 aromatic rings. The Morgan fingerprint density at radius 2 is 2.00 bits per heavy atom. The third-order valence-corrected chi connectivity index (χ3v) is 3.85. The Balaban J connectivity index is 2.15. The van der Waals surface area contributed by atoms with Gasteiger partial charge >= 0.3 is 6.36 Å². The first-order chi connectivity index (χ1) is 9.44. The molecule has 2 nitrogen and oxygen atoms in total. The van der Waals surface area contributed by atoms with Gasteiger partial charge in [-0.05, 0) is 36.6 Å². The molecule has 20 heavy (non-hydrogen) atoms. The van der Waals surface area contributed by atoms with Crippen LogP contribution in [0.4, 0.5) is 13.2 Å². The SMILES string of the molecule is Cc1[nH]c2ccc(OC(F)(F)F)cc2c1-c1cccs1. The molecule has 0 saturated heterocycles. The van der Waals surface area contributed by atoms with Gasteiger partial charge in [-0.25, -0.2) is 0 Å². The Bertz CT molecular complexity index is 744. The lowest BCUT2D eigenvalue weighted by molar-refractivity contribution is -0.274. The molecule has 0 aliphatic rings. The van der Waals surface area contributed by atoms with Crippen LogP contribution in [0.1, 0.15) is 5.69 Å². The molecule has 0 unspecified atom stereocenters. The number of hydrogen-bond donors (Lipinski definition) is 1. The fourth-order valence-corrected chi connectivity index (χ4v) is 3.08. The number of rotatable bonds is 2. The van der Waals surface area contributed by atoms with E-state index in [0.29, 0.717) is 0 Å². The first-order valence-corrected chi connectivity index (χ1v) is 6.74. The molecule has 0 atom stereocenters. The number of benzene rings is 1. The van der Waals surface area contributed by atoms with E-state index in [1.165, 1.54) is 12.1 Å². The van der Waals surface area contributed by atoms with Crippen LogP contribution in [0, 0.1) is 6.92 Å². The summed E-state index contributed by atoms with van der Waals surface area (Å²) in [5.41, 5.74) is 2.63. The molecule has 0 bridgehead atoms. The highest BCUT2D eigenvalue weighted by Gasteiger charge is 2.31. The highest BCUT2D eigenvalue weighted by Crippen LogP contribution is 2.37. The number of aryl methyl sites for hydroxylation is 1. The van der Waals surface area contributed by atoms with Crippen molar-refractivity contribution in [1.29, 1.82) is 0 Å². The third kappa shape index (κ3) is 2.38. The van der Waals surface area contributed by atoms with E-state index in [1.54, 1.807) is 17.4 Å². The Hall–Kier alpha value is -1.95. The van der Waals surface area contributed by atoms with Gasteiger partial charge < -0.3 is 9.72 Å². The quantitative estimate of drug-likeness (QED) is 0.699. The average molecular weight is 297 g/mol. The van der Waals surface area contributed by atoms with E-state index in [4.69, 9.17) is 0 Å². The van der Waals surface area contributed by atoms with Crippen molar-refractivity contribution in [2.45, 2.75) is 13.3 Å². The molecule has 6 heteroatoms. The van der Waals surface area contributed by atoms with Crippen LogP contribution in [-0.2, 0) is 0 Å². The van der Waals surface area contributed by atoms with Crippen molar-refractivity contribution in [2.24, 2.45) is 0 Å². The van der Waals surface area contributed by atoms with Gasteiger partial charge in [0.1, 0.15) is 5.75 Å². The van der Waals surface area contributed by atoms with Crippen molar-refractivity contribution in [3.63, 3.8) is 0 Å². The highest BCUT2D eigenvalue weighted by atomic mass is 32.1. The number of halogens is 3. The summed E-state index contributed by atoms with van der Waals surface area (Å²) in [6.07, 6.45) is -4.68. The molecule has 0 aliphatic heterocycles. The second kappa shape index (κ2) is 4.56. The lowest BCUT2D eigenvalue weighted by atomic mass is 10.1. The number of aromatic nitrogens is 1. The number of hydrogen-bond acceptors (Lipinski definition) is 2. The van der Waals surface area contributed by atoms with Crippen LogP contribution < -0.4 is 4.74 Å². The molecule has 0 radical (unpaired) electrons. The fraction of sp³-hybridized carbons (Fsp3) is 0.143. The zero-order valence-electron chi connectivity index (χ0n) is 10.4. The van der Waals surface area contributed by atoms with Crippen LogP contribution in [0.15, 0.2) is 35.7 Å². The minimum absolute atomic E-state index is 0.207. The maximum atomic E-state index is 12.3. The summed E-state index contributed by atoms with van der Waals surface area (Å²) in [5.74, 6) is -0.207. The number of H-pyrrole nitrogens is 1. The second-order valence-corrected chi connectivity index (χ2v) is 5.31. The lowest BCUT2D eigenvalue weighted by Gasteiger charge is -2.08. The average Bonchev–Trinajstić information content (AvgIpc) is 2.92. The van der Waals surface area contributed by atoms with Gasteiger partial charge in [0.2, 0.25) is 0 Å². The Morgan fingerprint density at radius 1 is 1.20 bits per heavy atom. The smallest absolute Gasteiger partial charge is 0.406 e.